The normalized spacial score (nSPS) is 12.9. The third kappa shape index (κ3) is 8.59. The van der Waals surface area contributed by atoms with Crippen LogP contribution in [-0.4, -0.2) is 52.1 Å². The Morgan fingerprint density at radius 1 is 1.08 bits per heavy atom. The van der Waals surface area contributed by atoms with Crippen LogP contribution in [0.15, 0.2) is 42.5 Å². The summed E-state index contributed by atoms with van der Waals surface area (Å²) >= 11 is 0. The Labute approximate surface area is 213 Å². The second-order valence-electron chi connectivity index (χ2n) is 10.2. The maximum Gasteiger partial charge on any atom is 0.408 e. The number of benzene rings is 2. The molecule has 2 aromatic carbocycles. The highest BCUT2D eigenvalue weighted by molar-refractivity contribution is 5.91. The molecular formula is C28H39N3O5. The number of amides is 3. The molecule has 0 spiro atoms. The zero-order valence-electron chi connectivity index (χ0n) is 22.1. The van der Waals surface area contributed by atoms with Crippen molar-refractivity contribution in [1.82, 2.24) is 10.2 Å². The number of primary amides is 1. The van der Waals surface area contributed by atoms with Crippen LogP contribution >= 0.6 is 0 Å². The number of aromatic hydroxyl groups is 1. The van der Waals surface area contributed by atoms with Gasteiger partial charge in [-0.1, -0.05) is 30.3 Å². The molecule has 36 heavy (non-hydrogen) atoms. The Hall–Kier alpha value is -3.55. The molecule has 0 aliphatic rings. The summed E-state index contributed by atoms with van der Waals surface area (Å²) in [7, 11) is 0. The molecule has 0 saturated carbocycles. The van der Waals surface area contributed by atoms with Crippen molar-refractivity contribution in [3.05, 3.63) is 64.7 Å². The molecule has 4 N–H and O–H groups in total. The summed E-state index contributed by atoms with van der Waals surface area (Å²) < 4.78 is 5.41. The summed E-state index contributed by atoms with van der Waals surface area (Å²) in [6, 6.07) is 11.2. The van der Waals surface area contributed by atoms with Gasteiger partial charge in [0.15, 0.2) is 0 Å². The van der Waals surface area contributed by atoms with Gasteiger partial charge in [-0.15, -0.1) is 0 Å². The molecule has 0 aliphatic carbocycles. The first-order valence-corrected chi connectivity index (χ1v) is 12.2. The van der Waals surface area contributed by atoms with Crippen molar-refractivity contribution in [2.75, 3.05) is 6.54 Å². The van der Waals surface area contributed by atoms with Crippen molar-refractivity contribution in [2.45, 2.75) is 78.5 Å². The largest absolute Gasteiger partial charge is 0.508 e. The van der Waals surface area contributed by atoms with E-state index in [0.717, 1.165) is 28.7 Å². The van der Waals surface area contributed by atoms with Crippen LogP contribution in [0.1, 0.15) is 56.4 Å². The molecule has 0 fully saturated rings. The summed E-state index contributed by atoms with van der Waals surface area (Å²) in [6.07, 6.45) is 0.766. The second kappa shape index (κ2) is 12.4. The standard InChI is InChI=1S/C28H39N3O5/c1-18-15-22(32)16-19(2)23(18)17-24(30-27(35)36-28(4,5)6)26(34)31(20(3)25(29)33)14-10-13-21-11-8-7-9-12-21/h7-9,11-12,15-16,20,24,32H,10,13-14,17H2,1-6H3,(H2,29,33)(H,30,35)/t20-,24+/m1/s1. The van der Waals surface area contributed by atoms with Crippen molar-refractivity contribution in [2.24, 2.45) is 5.73 Å². The van der Waals surface area contributed by atoms with E-state index in [1.165, 1.54) is 4.90 Å². The van der Waals surface area contributed by atoms with Gasteiger partial charge in [0.05, 0.1) is 0 Å². The molecular weight excluding hydrogens is 458 g/mol. The number of carbonyl (C=O) groups is 3. The van der Waals surface area contributed by atoms with Gasteiger partial charge < -0.3 is 25.8 Å². The van der Waals surface area contributed by atoms with Crippen LogP contribution in [0.2, 0.25) is 0 Å². The summed E-state index contributed by atoms with van der Waals surface area (Å²) in [5.74, 6) is -0.926. The highest BCUT2D eigenvalue weighted by atomic mass is 16.6. The Balaban J connectivity index is 2.34. The van der Waals surface area contributed by atoms with Gasteiger partial charge in [0.1, 0.15) is 23.4 Å². The first-order chi connectivity index (χ1) is 16.8. The number of hydrogen-bond acceptors (Lipinski definition) is 5. The number of phenols is 1. The molecule has 0 bridgehead atoms. The monoisotopic (exact) mass is 497 g/mol. The van der Waals surface area contributed by atoms with Gasteiger partial charge in [0.25, 0.3) is 0 Å². The Bertz CT molecular complexity index is 1040. The van der Waals surface area contributed by atoms with Crippen LogP contribution in [-0.2, 0) is 27.2 Å². The quantitative estimate of drug-likeness (QED) is 0.461. The van der Waals surface area contributed by atoms with E-state index in [2.05, 4.69) is 5.32 Å². The number of nitrogens with two attached hydrogens (primary N) is 1. The number of rotatable bonds is 10. The first kappa shape index (κ1) is 28.7. The van der Waals surface area contributed by atoms with Crippen LogP contribution in [0.3, 0.4) is 0 Å². The average Bonchev–Trinajstić information content (AvgIpc) is 2.76. The molecule has 0 unspecified atom stereocenters. The third-order valence-electron chi connectivity index (χ3n) is 5.95. The van der Waals surface area contributed by atoms with E-state index >= 15 is 0 Å². The molecule has 0 heterocycles. The van der Waals surface area contributed by atoms with Gasteiger partial charge in [0, 0.05) is 13.0 Å². The van der Waals surface area contributed by atoms with Crippen LogP contribution in [0.4, 0.5) is 4.79 Å². The maximum absolute atomic E-state index is 13.8. The number of phenolic OH excluding ortho intramolecular Hbond substituents is 1. The Morgan fingerprint density at radius 2 is 1.67 bits per heavy atom. The number of carbonyl (C=O) groups excluding carboxylic acids is 3. The molecule has 2 atom stereocenters. The second-order valence-corrected chi connectivity index (χ2v) is 10.2. The van der Waals surface area contributed by atoms with Crippen molar-refractivity contribution < 1.29 is 24.2 Å². The van der Waals surface area contributed by atoms with Gasteiger partial charge in [-0.25, -0.2) is 4.79 Å². The van der Waals surface area contributed by atoms with Crippen LogP contribution in [0.25, 0.3) is 0 Å². The molecule has 0 aliphatic heterocycles. The summed E-state index contributed by atoms with van der Waals surface area (Å²) in [4.78, 5) is 40.0. The molecule has 196 valence electrons. The van der Waals surface area contributed by atoms with E-state index in [-0.39, 0.29) is 18.7 Å². The van der Waals surface area contributed by atoms with Crippen LogP contribution < -0.4 is 11.1 Å². The zero-order valence-corrected chi connectivity index (χ0v) is 22.1. The summed E-state index contributed by atoms with van der Waals surface area (Å²) in [6.45, 7) is 10.8. The van der Waals surface area contributed by atoms with Crippen LogP contribution in [0, 0.1) is 13.8 Å². The predicted molar refractivity (Wildman–Crippen MR) is 140 cm³/mol. The van der Waals surface area contributed by atoms with Crippen molar-refractivity contribution in [3.63, 3.8) is 0 Å². The minimum Gasteiger partial charge on any atom is -0.508 e. The summed E-state index contributed by atoms with van der Waals surface area (Å²) in [5, 5.41) is 12.6. The molecule has 2 aromatic rings. The van der Waals surface area contributed by atoms with Gasteiger partial charge in [-0.2, -0.15) is 0 Å². The van der Waals surface area contributed by atoms with E-state index < -0.39 is 35.6 Å². The lowest BCUT2D eigenvalue weighted by molar-refractivity contribution is -0.140. The average molecular weight is 498 g/mol. The zero-order chi connectivity index (χ0) is 27.0. The van der Waals surface area contributed by atoms with E-state index in [0.29, 0.717) is 6.42 Å². The molecule has 8 nitrogen and oxygen atoms in total. The van der Waals surface area contributed by atoms with E-state index in [1.54, 1.807) is 39.8 Å². The lowest BCUT2D eigenvalue weighted by Gasteiger charge is -2.32. The number of nitrogens with one attached hydrogen (secondary N) is 1. The number of nitrogens with zero attached hydrogens (tertiary/aromatic N) is 1. The molecule has 0 aromatic heterocycles. The van der Waals surface area contributed by atoms with Gasteiger partial charge in [-0.05, 0) is 88.8 Å². The number of alkyl carbamates (subject to hydrolysis) is 1. The van der Waals surface area contributed by atoms with Crippen LogP contribution in [0.5, 0.6) is 5.75 Å². The lowest BCUT2D eigenvalue weighted by atomic mass is 9.95. The Kier molecular flexibility index (Phi) is 9.90. The SMILES string of the molecule is Cc1cc(O)cc(C)c1C[C@H](NC(=O)OC(C)(C)C)C(=O)N(CCCc1ccccc1)[C@H](C)C(N)=O. The topological polar surface area (TPSA) is 122 Å². The highest BCUT2D eigenvalue weighted by Crippen LogP contribution is 2.23. The first-order valence-electron chi connectivity index (χ1n) is 12.2. The number of ether oxygens (including phenoxy) is 1. The molecule has 0 saturated heterocycles. The number of aryl methyl sites for hydroxylation is 3. The van der Waals surface area contributed by atoms with Gasteiger partial charge >= 0.3 is 6.09 Å². The van der Waals surface area contributed by atoms with Gasteiger partial charge in [0.2, 0.25) is 11.8 Å². The maximum atomic E-state index is 13.8. The molecule has 2 rings (SSSR count). The van der Waals surface area contributed by atoms with Gasteiger partial charge in [-0.3, -0.25) is 9.59 Å². The van der Waals surface area contributed by atoms with E-state index in [1.807, 2.05) is 44.2 Å². The minimum atomic E-state index is -1.000. The number of hydrogen-bond donors (Lipinski definition) is 3. The van der Waals surface area contributed by atoms with Crippen molar-refractivity contribution in [1.29, 1.82) is 0 Å². The molecule has 3 amide bonds. The van der Waals surface area contributed by atoms with Crippen molar-refractivity contribution in [3.8, 4) is 5.75 Å². The predicted octanol–water partition coefficient (Wildman–Crippen LogP) is 3.78. The van der Waals surface area contributed by atoms with Crippen molar-refractivity contribution >= 4 is 17.9 Å². The highest BCUT2D eigenvalue weighted by Gasteiger charge is 2.33. The molecule has 0 radical (unpaired) electrons. The summed E-state index contributed by atoms with van der Waals surface area (Å²) in [5.41, 5.74) is 8.35. The molecule has 8 heteroatoms. The fourth-order valence-electron chi connectivity index (χ4n) is 4.09. The Morgan fingerprint density at radius 3 is 2.19 bits per heavy atom. The van der Waals surface area contributed by atoms with E-state index in [4.69, 9.17) is 10.5 Å². The van der Waals surface area contributed by atoms with E-state index in [9.17, 15) is 19.5 Å². The fourth-order valence-corrected chi connectivity index (χ4v) is 4.09. The smallest absolute Gasteiger partial charge is 0.408 e. The lowest BCUT2D eigenvalue weighted by Crippen LogP contribution is -2.55. The minimum absolute atomic E-state index is 0.126. The fraction of sp³-hybridized carbons (Fsp3) is 0.464. The third-order valence-corrected chi connectivity index (χ3v) is 5.95.